The van der Waals surface area contributed by atoms with Gasteiger partial charge in [0.25, 0.3) is 17.7 Å². The molecule has 6 aliphatic rings. The van der Waals surface area contributed by atoms with Crippen molar-refractivity contribution in [2.24, 2.45) is 0 Å². The lowest BCUT2D eigenvalue weighted by Gasteiger charge is -2.41. The van der Waals surface area contributed by atoms with Crippen LogP contribution in [0.2, 0.25) is 0 Å². The fourth-order valence-electron chi connectivity index (χ4n) is 16.6. The maximum Gasteiger partial charge on any atom is 0.254 e. The van der Waals surface area contributed by atoms with E-state index >= 15 is 0 Å². The van der Waals surface area contributed by atoms with Crippen LogP contribution in [-0.4, -0.2) is 118 Å². The number of fused-ring (bicyclic) bond motifs is 3. The monoisotopic (exact) mass is 1310 g/mol. The number of halogens is 2. The number of carbonyl (C=O) groups is 3. The van der Waals surface area contributed by atoms with Crippen LogP contribution < -0.4 is 4.90 Å². The Morgan fingerprint density at radius 1 is 0.383 bits per heavy atom. The third kappa shape index (κ3) is 12.1. The van der Waals surface area contributed by atoms with Crippen LogP contribution in [0.1, 0.15) is 152 Å². The first-order chi connectivity index (χ1) is 46.0. The average molecular weight is 1310 g/mol. The van der Waals surface area contributed by atoms with E-state index in [0.29, 0.717) is 25.2 Å². The Balaban J connectivity index is 0.677. The summed E-state index contributed by atoms with van der Waals surface area (Å²) in [6.07, 6.45) is 5.35. The lowest BCUT2D eigenvalue weighted by molar-refractivity contribution is 0.0560. The fraction of sp³-hybridized carbons (Fsp3) is 0.305. The molecule has 9 aromatic carbocycles. The van der Waals surface area contributed by atoms with Crippen molar-refractivity contribution >= 4 is 39.3 Å². The van der Waals surface area contributed by atoms with Crippen molar-refractivity contribution in [3.63, 3.8) is 0 Å². The number of nitrogens with zero attached hydrogens (tertiary/aromatic N) is 7. The Kier molecular flexibility index (Phi) is 17.5. The molecule has 0 aromatic heterocycles. The van der Waals surface area contributed by atoms with Gasteiger partial charge in [-0.15, -0.1) is 0 Å². The predicted molar refractivity (Wildman–Crippen MR) is 376 cm³/mol. The molecule has 0 spiro atoms. The number of rotatable bonds is 17. The van der Waals surface area contributed by atoms with E-state index in [4.69, 9.17) is 0 Å². The Morgan fingerprint density at radius 3 is 1.18 bits per heavy atom. The summed E-state index contributed by atoms with van der Waals surface area (Å²) in [5.41, 5.74) is 18.7. The molecule has 6 aliphatic heterocycles. The molecule has 0 radical (unpaired) electrons. The molecule has 0 aliphatic carbocycles. The van der Waals surface area contributed by atoms with E-state index in [2.05, 4.69) is 241 Å². The highest BCUT2D eigenvalue weighted by atomic mass is 79.9. The summed E-state index contributed by atoms with van der Waals surface area (Å²) >= 11 is 3.61. The summed E-state index contributed by atoms with van der Waals surface area (Å²) < 4.78 is 15.2. The third-order valence-electron chi connectivity index (χ3n) is 21.5. The highest BCUT2D eigenvalue weighted by Gasteiger charge is 2.40. The van der Waals surface area contributed by atoms with Crippen molar-refractivity contribution in [2.75, 3.05) is 57.3 Å². The second kappa shape index (κ2) is 26.7. The minimum absolute atomic E-state index is 0.0162. The number of benzene rings is 9. The van der Waals surface area contributed by atoms with E-state index in [0.717, 1.165) is 134 Å². The van der Waals surface area contributed by atoms with E-state index in [-0.39, 0.29) is 59.8 Å². The van der Waals surface area contributed by atoms with Crippen molar-refractivity contribution in [2.45, 2.75) is 108 Å². The Morgan fingerprint density at radius 2 is 0.745 bits per heavy atom. The first-order valence-electron chi connectivity index (χ1n) is 34.1. The predicted octanol–water partition coefficient (Wildman–Crippen LogP) is 16.4. The molecule has 0 N–H and O–H groups in total. The normalized spacial score (nSPS) is 18.6. The first kappa shape index (κ1) is 61.6. The molecule has 3 fully saturated rings. The van der Waals surface area contributed by atoms with E-state index in [1.807, 2.05) is 17.0 Å². The van der Waals surface area contributed by atoms with Crippen LogP contribution in [0.4, 0.5) is 10.1 Å². The highest BCUT2D eigenvalue weighted by molar-refractivity contribution is 9.10. The molecule has 476 valence electrons. The van der Waals surface area contributed by atoms with Crippen molar-refractivity contribution in [3.8, 4) is 22.3 Å². The summed E-state index contributed by atoms with van der Waals surface area (Å²) in [5, 5.41) is 0. The molecule has 15 rings (SSSR count). The number of likely N-dealkylation sites (tertiary alicyclic amines) is 3. The molecule has 0 saturated carbocycles. The van der Waals surface area contributed by atoms with Crippen LogP contribution in [0.5, 0.6) is 0 Å². The first-order valence-corrected chi connectivity index (χ1v) is 34.9. The molecule has 10 nitrogen and oxygen atoms in total. The van der Waals surface area contributed by atoms with Gasteiger partial charge in [-0.1, -0.05) is 168 Å². The lowest BCUT2D eigenvalue weighted by Crippen LogP contribution is -2.46. The summed E-state index contributed by atoms with van der Waals surface area (Å²) in [6.45, 7) is 13.2. The van der Waals surface area contributed by atoms with E-state index in [1.54, 1.807) is 6.07 Å². The van der Waals surface area contributed by atoms with Crippen molar-refractivity contribution in [1.82, 2.24) is 29.4 Å². The number of piperidine rings is 3. The zero-order valence-corrected chi connectivity index (χ0v) is 55.4. The van der Waals surface area contributed by atoms with Crippen molar-refractivity contribution in [3.05, 3.63) is 289 Å². The molecule has 6 heterocycles. The third-order valence-corrected chi connectivity index (χ3v) is 22.0. The van der Waals surface area contributed by atoms with Crippen LogP contribution in [0.15, 0.2) is 217 Å². The minimum atomic E-state index is -0.296. The van der Waals surface area contributed by atoms with Crippen LogP contribution in [0, 0.1) is 5.82 Å². The standard InChI is InChI=1S/C82H81BrFN7O3/c1-3-85(4-2)73-32-35-76-67(51-73)54-91(82(76)94)72-40-46-88(47-41-72)79(62-26-20-56(21-27-62)55-18-24-60(25-19-55)77(58-12-7-5-8-13-58)86-42-36-70(37-43-86)89-52-65-49-68(83)30-33-74(65)80(89)92)64-17-11-16-63(48-64)57-22-28-61(29-23-57)78(59-14-9-6-10-15-59)87-44-38-71(39-45-87)90-53-66-50-69(84)31-34-75(66)81(90)93/h5-35,48-51,70-72,77-79H,3-4,36-47,52-54H2,1-2H3. The molecule has 3 atom stereocenters. The van der Waals surface area contributed by atoms with Crippen molar-refractivity contribution < 1.29 is 18.8 Å². The maximum absolute atomic E-state index is 14.2. The van der Waals surface area contributed by atoms with Gasteiger partial charge >= 0.3 is 0 Å². The smallest absolute Gasteiger partial charge is 0.254 e. The topological polar surface area (TPSA) is 73.9 Å². The van der Waals surface area contributed by atoms with Crippen molar-refractivity contribution in [1.29, 1.82) is 0 Å². The summed E-state index contributed by atoms with van der Waals surface area (Å²) in [6, 6.07) is 76.1. The van der Waals surface area contributed by atoms with Crippen LogP contribution in [0.25, 0.3) is 22.3 Å². The molecule has 3 saturated heterocycles. The lowest BCUT2D eigenvalue weighted by atomic mass is 9.89. The van der Waals surface area contributed by atoms with Gasteiger partial charge in [-0.2, -0.15) is 0 Å². The second-order valence-electron chi connectivity index (χ2n) is 26.7. The number of amides is 3. The summed E-state index contributed by atoms with van der Waals surface area (Å²) in [4.78, 5) is 57.7. The van der Waals surface area contributed by atoms with Crippen LogP contribution >= 0.6 is 15.9 Å². The zero-order valence-electron chi connectivity index (χ0n) is 53.8. The Bertz CT molecular complexity index is 4220. The van der Waals surface area contributed by atoms with Gasteiger partial charge in [0, 0.05) is 117 Å². The molecule has 3 unspecified atom stereocenters. The number of hydrogen-bond acceptors (Lipinski definition) is 7. The molecular formula is C82H81BrFN7O3. The molecule has 0 bridgehead atoms. The van der Waals surface area contributed by atoms with Gasteiger partial charge in [-0.25, -0.2) is 4.39 Å². The molecule has 3 amide bonds. The number of hydrogen-bond donors (Lipinski definition) is 0. The minimum Gasteiger partial charge on any atom is -0.372 e. The Labute approximate surface area is 561 Å². The van der Waals surface area contributed by atoms with Gasteiger partial charge < -0.3 is 19.6 Å². The fourth-order valence-corrected chi connectivity index (χ4v) is 17.0. The largest absolute Gasteiger partial charge is 0.372 e. The molecular weight excluding hydrogens is 1230 g/mol. The molecule has 12 heteroatoms. The van der Waals surface area contributed by atoms with Gasteiger partial charge in [0.1, 0.15) is 5.82 Å². The molecule has 9 aromatic rings. The van der Waals surface area contributed by atoms with Gasteiger partial charge in [0.05, 0.1) is 18.1 Å². The number of anilines is 1. The van der Waals surface area contributed by atoms with Gasteiger partial charge in [0.2, 0.25) is 0 Å². The van der Waals surface area contributed by atoms with Gasteiger partial charge in [-0.05, 0) is 185 Å². The van der Waals surface area contributed by atoms with Gasteiger partial charge in [-0.3, -0.25) is 29.1 Å². The highest BCUT2D eigenvalue weighted by Crippen LogP contribution is 2.42. The SMILES string of the molecule is CCN(CC)c1ccc2c(c1)CN(C1CCN(C(c3ccc(-c4ccc(C(c5ccccc5)N5CCC(N6Cc7cc(Br)ccc7C6=O)CC5)cc4)cc3)c3cccc(-c4ccc(C(c5ccccc5)N5CCC(N6Cc7cc(F)ccc7C6=O)CC5)cc4)c3)CC1)C2=O. The second-order valence-corrected chi connectivity index (χ2v) is 27.7. The Hall–Kier alpha value is -8.52. The summed E-state index contributed by atoms with van der Waals surface area (Å²) in [5.74, 6) is 0.0385. The van der Waals surface area contributed by atoms with Gasteiger partial charge in [0.15, 0.2) is 0 Å². The molecule has 94 heavy (non-hydrogen) atoms. The van der Waals surface area contributed by atoms with Crippen LogP contribution in [-0.2, 0) is 19.6 Å². The van der Waals surface area contributed by atoms with E-state index < -0.39 is 0 Å². The average Bonchev–Trinajstić information content (AvgIpc) is 1.52. The van der Waals surface area contributed by atoms with Crippen LogP contribution in [0.3, 0.4) is 0 Å². The van der Waals surface area contributed by atoms with E-state index in [9.17, 15) is 18.8 Å². The number of carbonyl (C=O) groups excluding carboxylic acids is 3. The van der Waals surface area contributed by atoms with E-state index in [1.165, 1.54) is 62.3 Å². The summed E-state index contributed by atoms with van der Waals surface area (Å²) in [7, 11) is 0. The zero-order chi connectivity index (χ0) is 64.0. The maximum atomic E-state index is 14.2. The quantitative estimate of drug-likeness (QED) is 0.0899.